The van der Waals surface area contributed by atoms with Gasteiger partial charge in [-0.05, 0) is 41.8 Å². The summed E-state index contributed by atoms with van der Waals surface area (Å²) >= 11 is 3.51. The van der Waals surface area contributed by atoms with Crippen molar-refractivity contribution in [1.82, 2.24) is 0 Å². The molecule has 1 aliphatic rings. The summed E-state index contributed by atoms with van der Waals surface area (Å²) in [6, 6.07) is 11.6. The number of halogens is 1. The second-order valence-corrected chi connectivity index (χ2v) is 8.40. The molecule has 0 heterocycles. The van der Waals surface area contributed by atoms with Gasteiger partial charge >= 0.3 is 0 Å². The van der Waals surface area contributed by atoms with Crippen LogP contribution in [0, 0.1) is 0 Å². The third-order valence-corrected chi connectivity index (χ3v) is 6.64. The monoisotopic (exact) mass is 367 g/mol. The summed E-state index contributed by atoms with van der Waals surface area (Å²) in [7, 11) is -3.28. The lowest BCUT2D eigenvalue weighted by molar-refractivity contribution is 0.486. The van der Waals surface area contributed by atoms with Gasteiger partial charge in [-0.2, -0.15) is 0 Å². The third-order valence-electron chi connectivity index (χ3n) is 4.08. The van der Waals surface area contributed by atoms with E-state index in [1.807, 2.05) is 36.4 Å². The topological polar surface area (TPSA) is 46.2 Å². The average molecular weight is 368 g/mol. The molecule has 1 N–H and O–H groups in total. The molecule has 0 radical (unpaired) electrons. The number of anilines is 1. The number of rotatable bonds is 3. The third kappa shape index (κ3) is 3.24. The van der Waals surface area contributed by atoms with Crippen LogP contribution >= 0.6 is 15.9 Å². The summed E-state index contributed by atoms with van der Waals surface area (Å²) in [4.78, 5) is 0. The van der Waals surface area contributed by atoms with Crippen LogP contribution in [0.4, 0.5) is 5.69 Å². The maximum Gasteiger partial charge on any atom is 0.235 e. The highest BCUT2D eigenvalue weighted by atomic mass is 79.9. The first-order valence-corrected chi connectivity index (χ1v) is 9.60. The fourth-order valence-electron chi connectivity index (χ4n) is 2.93. The molecule has 1 saturated carbocycles. The molecule has 2 aromatic rings. The summed E-state index contributed by atoms with van der Waals surface area (Å²) in [6.45, 7) is 0. The van der Waals surface area contributed by atoms with Crippen molar-refractivity contribution in [3.63, 3.8) is 0 Å². The summed E-state index contributed by atoms with van der Waals surface area (Å²) in [5.74, 6) is 0. The number of hydrogen-bond acceptors (Lipinski definition) is 2. The molecule has 0 amide bonds. The van der Waals surface area contributed by atoms with Gasteiger partial charge < -0.3 is 0 Å². The minimum Gasteiger partial charge on any atom is -0.283 e. The maximum absolute atomic E-state index is 12.4. The Kier molecular flexibility index (Phi) is 4.22. The summed E-state index contributed by atoms with van der Waals surface area (Å²) < 4.78 is 28.6. The van der Waals surface area contributed by atoms with Crippen LogP contribution in [0.15, 0.2) is 40.9 Å². The molecule has 1 aliphatic carbocycles. The van der Waals surface area contributed by atoms with Crippen molar-refractivity contribution in [2.75, 3.05) is 4.72 Å². The van der Waals surface area contributed by atoms with Crippen LogP contribution in [0.3, 0.4) is 0 Å². The van der Waals surface area contributed by atoms with Crippen molar-refractivity contribution in [2.45, 2.75) is 37.4 Å². The van der Waals surface area contributed by atoms with Crippen molar-refractivity contribution < 1.29 is 8.42 Å². The Hall–Kier alpha value is -1.07. The minimum absolute atomic E-state index is 0.246. The quantitative estimate of drug-likeness (QED) is 0.855. The number of fused-ring (bicyclic) bond motifs is 1. The average Bonchev–Trinajstić information content (AvgIpc) is 2.48. The molecule has 3 nitrogen and oxygen atoms in total. The van der Waals surface area contributed by atoms with E-state index in [1.165, 1.54) is 0 Å². The van der Waals surface area contributed by atoms with Crippen LogP contribution in [-0.4, -0.2) is 13.7 Å². The molecule has 21 heavy (non-hydrogen) atoms. The SMILES string of the molecule is O=S(=O)(Nc1ccc2c(Br)cccc2c1)C1CCCCC1. The van der Waals surface area contributed by atoms with E-state index in [2.05, 4.69) is 20.7 Å². The van der Waals surface area contributed by atoms with Crippen LogP contribution in [0.2, 0.25) is 0 Å². The van der Waals surface area contributed by atoms with Crippen LogP contribution in [-0.2, 0) is 10.0 Å². The molecule has 0 aliphatic heterocycles. The van der Waals surface area contributed by atoms with Crippen LogP contribution < -0.4 is 4.72 Å². The smallest absolute Gasteiger partial charge is 0.235 e. The predicted molar refractivity (Wildman–Crippen MR) is 91.1 cm³/mol. The first-order chi connectivity index (χ1) is 10.1. The van der Waals surface area contributed by atoms with Gasteiger partial charge in [-0.15, -0.1) is 0 Å². The second-order valence-electron chi connectivity index (χ2n) is 5.58. The fraction of sp³-hybridized carbons (Fsp3) is 0.375. The normalized spacial score (nSPS) is 17.0. The molecule has 0 saturated heterocycles. The van der Waals surface area contributed by atoms with Gasteiger partial charge in [-0.1, -0.05) is 53.4 Å². The number of hydrogen-bond donors (Lipinski definition) is 1. The van der Waals surface area contributed by atoms with Gasteiger partial charge in [0.15, 0.2) is 0 Å². The fourth-order valence-corrected chi connectivity index (χ4v) is 5.02. The lowest BCUT2D eigenvalue weighted by atomic mass is 10.0. The zero-order valence-corrected chi connectivity index (χ0v) is 14.1. The van der Waals surface area contributed by atoms with Crippen LogP contribution in [0.1, 0.15) is 32.1 Å². The first-order valence-electron chi connectivity index (χ1n) is 7.26. The van der Waals surface area contributed by atoms with E-state index in [0.717, 1.165) is 47.3 Å². The lowest BCUT2D eigenvalue weighted by Crippen LogP contribution is -2.29. The number of benzene rings is 2. The van der Waals surface area contributed by atoms with Gasteiger partial charge in [-0.25, -0.2) is 8.42 Å². The van der Waals surface area contributed by atoms with Crippen molar-refractivity contribution in [3.8, 4) is 0 Å². The molecule has 1 fully saturated rings. The first kappa shape index (κ1) is 14.9. The molecule has 112 valence electrons. The molecule has 5 heteroatoms. The molecule has 0 aromatic heterocycles. The van der Waals surface area contributed by atoms with E-state index in [9.17, 15) is 8.42 Å². The Balaban J connectivity index is 1.87. The Labute approximate surface area is 133 Å². The standard InChI is InChI=1S/C16H18BrNO2S/c17-16-8-4-5-12-11-13(9-10-15(12)16)18-21(19,20)14-6-2-1-3-7-14/h4-5,8-11,14,18H,1-3,6-7H2. The van der Waals surface area contributed by atoms with Crippen molar-refractivity contribution in [1.29, 1.82) is 0 Å². The molecule has 2 aromatic carbocycles. The van der Waals surface area contributed by atoms with Gasteiger partial charge in [0.25, 0.3) is 0 Å². The zero-order valence-electron chi connectivity index (χ0n) is 11.7. The van der Waals surface area contributed by atoms with Gasteiger partial charge in [0.05, 0.1) is 5.25 Å². The Bertz CT molecular complexity index is 752. The summed E-state index contributed by atoms with van der Waals surface area (Å²) in [6.07, 6.45) is 4.71. The van der Waals surface area contributed by atoms with Crippen molar-refractivity contribution >= 4 is 42.4 Å². The van der Waals surface area contributed by atoms with Crippen molar-refractivity contribution in [2.24, 2.45) is 0 Å². The highest BCUT2D eigenvalue weighted by Gasteiger charge is 2.27. The number of sulfonamides is 1. The molecular formula is C16H18BrNO2S. The van der Waals surface area contributed by atoms with Crippen LogP contribution in [0.25, 0.3) is 10.8 Å². The minimum atomic E-state index is -3.28. The van der Waals surface area contributed by atoms with E-state index in [1.54, 1.807) is 0 Å². The van der Waals surface area contributed by atoms with Gasteiger partial charge in [-0.3, -0.25) is 4.72 Å². The Morgan fingerprint density at radius 1 is 1.05 bits per heavy atom. The lowest BCUT2D eigenvalue weighted by Gasteiger charge is -2.22. The van der Waals surface area contributed by atoms with Gasteiger partial charge in [0, 0.05) is 10.2 Å². The second kappa shape index (κ2) is 5.97. The molecule has 0 spiro atoms. The highest BCUT2D eigenvalue weighted by Crippen LogP contribution is 2.29. The molecule has 3 rings (SSSR count). The van der Waals surface area contributed by atoms with E-state index in [4.69, 9.17) is 0 Å². The van der Waals surface area contributed by atoms with Crippen LogP contribution in [0.5, 0.6) is 0 Å². The number of nitrogens with one attached hydrogen (secondary N) is 1. The van der Waals surface area contributed by atoms with E-state index in [-0.39, 0.29) is 5.25 Å². The van der Waals surface area contributed by atoms with E-state index < -0.39 is 10.0 Å². The van der Waals surface area contributed by atoms with E-state index in [0.29, 0.717) is 5.69 Å². The predicted octanol–water partition coefficient (Wildman–Crippen LogP) is 4.68. The van der Waals surface area contributed by atoms with E-state index >= 15 is 0 Å². The van der Waals surface area contributed by atoms with Gasteiger partial charge in [0.2, 0.25) is 10.0 Å². The molecule has 0 unspecified atom stereocenters. The van der Waals surface area contributed by atoms with Crippen molar-refractivity contribution in [3.05, 3.63) is 40.9 Å². The molecule has 0 atom stereocenters. The zero-order chi connectivity index (χ0) is 14.9. The summed E-state index contributed by atoms with van der Waals surface area (Å²) in [5.41, 5.74) is 0.645. The maximum atomic E-state index is 12.4. The van der Waals surface area contributed by atoms with Gasteiger partial charge in [0.1, 0.15) is 0 Å². The largest absolute Gasteiger partial charge is 0.283 e. The highest BCUT2D eigenvalue weighted by molar-refractivity contribution is 9.10. The Morgan fingerprint density at radius 2 is 1.81 bits per heavy atom. The Morgan fingerprint density at radius 3 is 2.57 bits per heavy atom. The molecular weight excluding hydrogens is 350 g/mol. The molecule has 0 bridgehead atoms. The summed E-state index contributed by atoms with van der Waals surface area (Å²) in [5, 5.41) is 1.86.